The highest BCUT2D eigenvalue weighted by Gasteiger charge is 2.15. The lowest BCUT2D eigenvalue weighted by Gasteiger charge is -2.12. The van der Waals surface area contributed by atoms with Gasteiger partial charge in [-0.1, -0.05) is 5.16 Å². The van der Waals surface area contributed by atoms with Crippen molar-refractivity contribution in [2.24, 2.45) is 0 Å². The van der Waals surface area contributed by atoms with Crippen molar-refractivity contribution in [3.05, 3.63) is 35.5 Å². The first-order valence-electron chi connectivity index (χ1n) is 6.54. The number of hydrogen-bond donors (Lipinski definition) is 2. The monoisotopic (exact) mass is 303 g/mol. The molecular formula is C14H14FN5O2. The molecule has 0 spiro atoms. The van der Waals surface area contributed by atoms with E-state index < -0.39 is 5.82 Å². The van der Waals surface area contributed by atoms with Crippen LogP contribution in [0.3, 0.4) is 0 Å². The number of methoxy groups -OCH3 is 1. The number of rotatable bonds is 4. The first-order valence-corrected chi connectivity index (χ1v) is 6.54. The Hall–Kier alpha value is -2.90. The van der Waals surface area contributed by atoms with Crippen molar-refractivity contribution in [2.75, 3.05) is 18.2 Å². The minimum Gasteiger partial charge on any atom is -0.496 e. The molecule has 2 aromatic heterocycles. The van der Waals surface area contributed by atoms with Gasteiger partial charge in [0.1, 0.15) is 34.4 Å². The second kappa shape index (κ2) is 5.47. The van der Waals surface area contributed by atoms with Crippen LogP contribution < -0.4 is 15.8 Å². The lowest BCUT2D eigenvalue weighted by molar-refractivity contribution is 0.391. The molecule has 2 heterocycles. The molecule has 114 valence electrons. The molecule has 8 heteroatoms. The van der Waals surface area contributed by atoms with Crippen LogP contribution in [0.2, 0.25) is 0 Å². The van der Waals surface area contributed by atoms with Crippen molar-refractivity contribution in [1.82, 2.24) is 15.1 Å². The summed E-state index contributed by atoms with van der Waals surface area (Å²) in [7, 11) is 1.49. The largest absolute Gasteiger partial charge is 0.496 e. The number of anilines is 2. The summed E-state index contributed by atoms with van der Waals surface area (Å²) in [5.41, 5.74) is 6.45. The van der Waals surface area contributed by atoms with Crippen LogP contribution in [-0.2, 0) is 6.54 Å². The molecule has 0 aliphatic rings. The maximum Gasteiger partial charge on any atom is 0.222 e. The van der Waals surface area contributed by atoms with Crippen LogP contribution in [0.25, 0.3) is 10.9 Å². The predicted octanol–water partition coefficient (Wildman–Crippen LogP) is 2.27. The fourth-order valence-corrected chi connectivity index (χ4v) is 2.17. The minimum absolute atomic E-state index is 0.0292. The number of aryl methyl sites for hydroxylation is 1. The number of nitrogens with two attached hydrogens (primary N) is 1. The van der Waals surface area contributed by atoms with Gasteiger partial charge in [0, 0.05) is 6.07 Å². The summed E-state index contributed by atoms with van der Waals surface area (Å²) in [6.45, 7) is 2.15. The van der Waals surface area contributed by atoms with Gasteiger partial charge in [0.25, 0.3) is 0 Å². The van der Waals surface area contributed by atoms with Gasteiger partial charge in [0.2, 0.25) is 5.95 Å². The Morgan fingerprint density at radius 2 is 2.18 bits per heavy atom. The zero-order valence-corrected chi connectivity index (χ0v) is 12.1. The number of nitrogens with zero attached hydrogens (tertiary/aromatic N) is 3. The SMILES string of the molecule is COc1ccc(F)c2nc(N)nc(NCc3cc(C)on3)c12. The molecule has 22 heavy (non-hydrogen) atoms. The van der Waals surface area contributed by atoms with E-state index >= 15 is 0 Å². The van der Waals surface area contributed by atoms with Crippen molar-refractivity contribution >= 4 is 22.7 Å². The van der Waals surface area contributed by atoms with Crippen molar-refractivity contribution in [2.45, 2.75) is 13.5 Å². The van der Waals surface area contributed by atoms with E-state index in [9.17, 15) is 4.39 Å². The molecule has 0 saturated carbocycles. The fourth-order valence-electron chi connectivity index (χ4n) is 2.17. The number of benzene rings is 1. The molecule has 7 nitrogen and oxygen atoms in total. The summed E-state index contributed by atoms with van der Waals surface area (Å²) >= 11 is 0. The van der Waals surface area contributed by atoms with E-state index in [-0.39, 0.29) is 11.5 Å². The summed E-state index contributed by atoms with van der Waals surface area (Å²) in [6, 6.07) is 4.58. The number of fused-ring (bicyclic) bond motifs is 1. The van der Waals surface area contributed by atoms with Crippen LogP contribution in [0, 0.1) is 12.7 Å². The maximum atomic E-state index is 14.0. The first kappa shape index (κ1) is 14.1. The van der Waals surface area contributed by atoms with E-state index in [1.165, 1.54) is 19.2 Å². The summed E-state index contributed by atoms with van der Waals surface area (Å²) in [5, 5.41) is 7.36. The van der Waals surface area contributed by atoms with E-state index in [1.54, 1.807) is 13.0 Å². The Morgan fingerprint density at radius 3 is 2.86 bits per heavy atom. The maximum absolute atomic E-state index is 14.0. The minimum atomic E-state index is -0.495. The van der Waals surface area contributed by atoms with Crippen LogP contribution in [0.1, 0.15) is 11.5 Å². The highest BCUT2D eigenvalue weighted by Crippen LogP contribution is 2.32. The molecule has 0 bridgehead atoms. The van der Waals surface area contributed by atoms with Gasteiger partial charge in [-0.15, -0.1) is 0 Å². The zero-order chi connectivity index (χ0) is 15.7. The molecule has 3 rings (SSSR count). The van der Waals surface area contributed by atoms with E-state index in [2.05, 4.69) is 20.4 Å². The normalized spacial score (nSPS) is 10.9. The van der Waals surface area contributed by atoms with E-state index in [4.69, 9.17) is 15.0 Å². The molecule has 0 aliphatic carbocycles. The highest BCUT2D eigenvalue weighted by molar-refractivity contribution is 5.95. The Kier molecular flexibility index (Phi) is 3.50. The van der Waals surface area contributed by atoms with Crippen LogP contribution in [-0.4, -0.2) is 22.2 Å². The molecule has 0 amide bonds. The van der Waals surface area contributed by atoms with E-state index in [0.717, 1.165) is 0 Å². The van der Waals surface area contributed by atoms with Crippen molar-refractivity contribution in [1.29, 1.82) is 0 Å². The van der Waals surface area contributed by atoms with Crippen molar-refractivity contribution in [3.63, 3.8) is 0 Å². The molecule has 1 aromatic carbocycles. The molecule has 0 radical (unpaired) electrons. The topological polar surface area (TPSA) is 99.1 Å². The van der Waals surface area contributed by atoms with Gasteiger partial charge in [0.15, 0.2) is 0 Å². The highest BCUT2D eigenvalue weighted by atomic mass is 19.1. The second-order valence-electron chi connectivity index (χ2n) is 4.69. The van der Waals surface area contributed by atoms with Gasteiger partial charge in [-0.2, -0.15) is 4.98 Å². The fraction of sp³-hybridized carbons (Fsp3) is 0.214. The van der Waals surface area contributed by atoms with Crippen LogP contribution in [0.4, 0.5) is 16.2 Å². The Balaban J connectivity index is 2.05. The zero-order valence-electron chi connectivity index (χ0n) is 12.1. The number of hydrogen-bond acceptors (Lipinski definition) is 7. The molecule has 0 saturated heterocycles. The third-order valence-electron chi connectivity index (χ3n) is 3.11. The molecule has 3 aromatic rings. The molecule has 0 aliphatic heterocycles. The summed E-state index contributed by atoms with van der Waals surface area (Å²) < 4.78 is 24.2. The smallest absolute Gasteiger partial charge is 0.222 e. The number of nitrogen functional groups attached to an aromatic ring is 1. The second-order valence-corrected chi connectivity index (χ2v) is 4.69. The summed E-state index contributed by atoms with van der Waals surface area (Å²) in [4.78, 5) is 8.06. The Labute approximate surface area is 125 Å². The van der Waals surface area contributed by atoms with E-state index in [0.29, 0.717) is 35.0 Å². The van der Waals surface area contributed by atoms with Gasteiger partial charge in [-0.3, -0.25) is 0 Å². The number of ether oxygens (including phenoxy) is 1. The quantitative estimate of drug-likeness (QED) is 0.762. The molecule has 0 fully saturated rings. The first-order chi connectivity index (χ1) is 10.6. The average molecular weight is 303 g/mol. The number of aromatic nitrogens is 3. The van der Waals surface area contributed by atoms with Crippen LogP contribution in [0.15, 0.2) is 22.7 Å². The molecule has 0 unspecified atom stereocenters. The van der Waals surface area contributed by atoms with Gasteiger partial charge < -0.3 is 20.3 Å². The third-order valence-corrected chi connectivity index (χ3v) is 3.11. The Bertz CT molecular complexity index is 833. The third kappa shape index (κ3) is 2.50. The van der Waals surface area contributed by atoms with Gasteiger partial charge in [-0.25, -0.2) is 9.37 Å². The number of halogens is 1. The summed E-state index contributed by atoms with van der Waals surface area (Å²) in [5.74, 6) is 1.01. The lowest BCUT2D eigenvalue weighted by Crippen LogP contribution is -2.07. The molecule has 3 N–H and O–H groups in total. The van der Waals surface area contributed by atoms with Crippen molar-refractivity contribution < 1.29 is 13.7 Å². The Morgan fingerprint density at radius 1 is 1.36 bits per heavy atom. The van der Waals surface area contributed by atoms with Crippen LogP contribution in [0.5, 0.6) is 5.75 Å². The van der Waals surface area contributed by atoms with Gasteiger partial charge >= 0.3 is 0 Å². The molecular weight excluding hydrogens is 289 g/mol. The summed E-state index contributed by atoms with van der Waals surface area (Å²) in [6.07, 6.45) is 0. The molecule has 0 atom stereocenters. The van der Waals surface area contributed by atoms with Crippen molar-refractivity contribution in [3.8, 4) is 5.75 Å². The lowest BCUT2D eigenvalue weighted by atomic mass is 10.2. The predicted molar refractivity (Wildman–Crippen MR) is 79.0 cm³/mol. The van der Waals surface area contributed by atoms with Gasteiger partial charge in [0.05, 0.1) is 19.0 Å². The van der Waals surface area contributed by atoms with E-state index in [1.807, 2.05) is 0 Å². The van der Waals surface area contributed by atoms with Gasteiger partial charge in [-0.05, 0) is 19.1 Å². The average Bonchev–Trinajstić information content (AvgIpc) is 2.91. The number of nitrogens with one attached hydrogen (secondary N) is 1. The van der Waals surface area contributed by atoms with Crippen LogP contribution >= 0.6 is 0 Å². The standard InChI is InChI=1S/C14H14FN5O2/c1-7-5-8(20-22-7)6-17-13-11-10(21-2)4-3-9(15)12(11)18-14(16)19-13/h3-5H,6H2,1-2H3,(H3,16,17,18,19).